The van der Waals surface area contributed by atoms with E-state index in [1.165, 1.54) is 70.3 Å². The minimum atomic E-state index is -0.694. The number of hydrogen-bond donors (Lipinski definition) is 0. The van der Waals surface area contributed by atoms with Gasteiger partial charge >= 0.3 is 0 Å². The van der Waals surface area contributed by atoms with Gasteiger partial charge in [-0.2, -0.15) is 0 Å². The molecule has 2 fully saturated rings. The first kappa shape index (κ1) is 18.9. The van der Waals surface area contributed by atoms with Gasteiger partial charge in [0, 0.05) is 0 Å². The van der Waals surface area contributed by atoms with Crippen LogP contribution in [0.5, 0.6) is 0 Å². The van der Waals surface area contributed by atoms with Crippen LogP contribution < -0.4 is 0 Å². The summed E-state index contributed by atoms with van der Waals surface area (Å²) < 4.78 is 27.5. The summed E-state index contributed by atoms with van der Waals surface area (Å²) in [7, 11) is 0. The van der Waals surface area contributed by atoms with Crippen LogP contribution in [0.4, 0.5) is 8.78 Å². The fourth-order valence-electron chi connectivity index (χ4n) is 5.37. The normalized spacial score (nSPS) is 30.4. The van der Waals surface area contributed by atoms with Crippen molar-refractivity contribution in [2.24, 2.45) is 17.8 Å². The minimum Gasteiger partial charge on any atom is -0.204 e. The second-order valence-corrected chi connectivity index (χ2v) is 8.53. The molecule has 2 saturated carbocycles. The molecule has 0 unspecified atom stereocenters. The predicted molar refractivity (Wildman–Crippen MR) is 101 cm³/mol. The summed E-state index contributed by atoms with van der Waals surface area (Å²) in [6, 6.07) is 4.66. The van der Waals surface area contributed by atoms with Crippen LogP contribution in [-0.2, 0) is 0 Å². The monoisotopic (exact) mass is 348 g/mol. The molecule has 0 nitrogen and oxygen atoms in total. The third-order valence-electron chi connectivity index (χ3n) is 6.97. The first-order chi connectivity index (χ1) is 12.2. The van der Waals surface area contributed by atoms with Crippen molar-refractivity contribution in [2.45, 2.75) is 89.9 Å². The number of halogens is 2. The third-order valence-corrected chi connectivity index (χ3v) is 6.97. The van der Waals surface area contributed by atoms with Crippen LogP contribution in [0, 0.1) is 29.4 Å². The van der Waals surface area contributed by atoms with Crippen LogP contribution in [0.25, 0.3) is 0 Å². The first-order valence-electron chi connectivity index (χ1n) is 10.6. The van der Waals surface area contributed by atoms with Crippen molar-refractivity contribution < 1.29 is 8.78 Å². The van der Waals surface area contributed by atoms with Gasteiger partial charge in [0.15, 0.2) is 11.6 Å². The number of unbranched alkanes of at least 4 members (excludes halogenated alkanes) is 2. The molecule has 0 saturated heterocycles. The fourth-order valence-corrected chi connectivity index (χ4v) is 5.37. The topological polar surface area (TPSA) is 0 Å². The van der Waals surface area contributed by atoms with Gasteiger partial charge in [-0.15, -0.1) is 0 Å². The minimum absolute atomic E-state index is 0.220. The number of hydrogen-bond acceptors (Lipinski definition) is 0. The third kappa shape index (κ3) is 4.83. The van der Waals surface area contributed by atoms with Crippen molar-refractivity contribution >= 4 is 0 Å². The summed E-state index contributed by atoms with van der Waals surface area (Å²) in [5, 5.41) is 0. The van der Waals surface area contributed by atoms with E-state index in [2.05, 4.69) is 6.92 Å². The lowest BCUT2D eigenvalue weighted by molar-refractivity contribution is 0.155. The highest BCUT2D eigenvalue weighted by atomic mass is 19.2. The lowest BCUT2D eigenvalue weighted by Crippen LogP contribution is -2.25. The standard InChI is InChI=1S/C23H34F2/c1-2-3-4-6-17-9-11-18(12-10-17)19-13-15-20(16-14-19)21-7-5-8-22(24)23(21)25/h5,7-8,17-20H,2-4,6,9-16H2,1H3/t17-,18-,19-,20-. The SMILES string of the molecule is CCCCC[C@H]1CC[C@H]([C@H]2CC[C@H](c3cccc(F)c3F)CC2)CC1. The van der Waals surface area contributed by atoms with E-state index in [-0.39, 0.29) is 5.92 Å². The number of rotatable bonds is 6. The van der Waals surface area contributed by atoms with Crippen LogP contribution in [0.15, 0.2) is 18.2 Å². The molecule has 0 spiro atoms. The van der Waals surface area contributed by atoms with E-state index in [9.17, 15) is 8.78 Å². The molecule has 1 aromatic rings. The lowest BCUT2D eigenvalue weighted by Gasteiger charge is -2.38. The van der Waals surface area contributed by atoms with E-state index in [1.54, 1.807) is 12.1 Å². The zero-order valence-electron chi connectivity index (χ0n) is 15.8. The highest BCUT2D eigenvalue weighted by Gasteiger charge is 2.32. The molecule has 1 aromatic carbocycles. The summed E-state index contributed by atoms with van der Waals surface area (Å²) in [5.74, 6) is 1.60. The van der Waals surface area contributed by atoms with Crippen molar-refractivity contribution in [3.8, 4) is 0 Å². The van der Waals surface area contributed by atoms with E-state index in [4.69, 9.17) is 0 Å². The number of benzene rings is 1. The summed E-state index contributed by atoms with van der Waals surface area (Å²) >= 11 is 0. The van der Waals surface area contributed by atoms with Crippen molar-refractivity contribution in [3.63, 3.8) is 0 Å². The van der Waals surface area contributed by atoms with Gasteiger partial charge < -0.3 is 0 Å². The molecule has 0 heterocycles. The molecular weight excluding hydrogens is 314 g/mol. The zero-order chi connectivity index (χ0) is 17.6. The molecule has 0 atom stereocenters. The summed E-state index contributed by atoms with van der Waals surface area (Å²) in [5.41, 5.74) is 0.609. The average Bonchev–Trinajstić information content (AvgIpc) is 2.65. The molecule has 25 heavy (non-hydrogen) atoms. The molecule has 2 heteroatoms. The maximum atomic E-state index is 14.0. The van der Waals surface area contributed by atoms with Gasteiger partial charge in [-0.25, -0.2) is 8.78 Å². The largest absolute Gasteiger partial charge is 0.204 e. The van der Waals surface area contributed by atoms with Gasteiger partial charge in [0.25, 0.3) is 0 Å². The Morgan fingerprint density at radius 3 is 2.12 bits per heavy atom. The van der Waals surface area contributed by atoms with E-state index in [1.807, 2.05) is 0 Å². The van der Waals surface area contributed by atoms with Crippen LogP contribution in [0.3, 0.4) is 0 Å². The highest BCUT2D eigenvalue weighted by Crippen LogP contribution is 2.45. The molecular formula is C23H34F2. The Hall–Kier alpha value is -0.920. The Balaban J connectivity index is 1.45. The Kier molecular flexibility index (Phi) is 6.90. The van der Waals surface area contributed by atoms with E-state index >= 15 is 0 Å². The van der Waals surface area contributed by atoms with Gasteiger partial charge in [0.2, 0.25) is 0 Å². The lowest BCUT2D eigenvalue weighted by atomic mass is 9.68. The first-order valence-corrected chi connectivity index (χ1v) is 10.6. The van der Waals surface area contributed by atoms with Crippen LogP contribution in [0.2, 0.25) is 0 Å². The molecule has 0 bridgehead atoms. The molecule has 0 aromatic heterocycles. The smallest absolute Gasteiger partial charge is 0.162 e. The summed E-state index contributed by atoms with van der Waals surface area (Å²) in [4.78, 5) is 0. The average molecular weight is 349 g/mol. The Bertz CT molecular complexity index is 523. The molecule has 2 aliphatic carbocycles. The molecule has 2 aliphatic rings. The predicted octanol–water partition coefficient (Wildman–Crippen LogP) is 7.63. The van der Waals surface area contributed by atoms with Crippen LogP contribution in [-0.4, -0.2) is 0 Å². The zero-order valence-corrected chi connectivity index (χ0v) is 15.8. The van der Waals surface area contributed by atoms with Crippen molar-refractivity contribution in [1.29, 1.82) is 0 Å². The van der Waals surface area contributed by atoms with Crippen molar-refractivity contribution in [1.82, 2.24) is 0 Å². The maximum Gasteiger partial charge on any atom is 0.162 e. The molecule has 0 N–H and O–H groups in total. The van der Waals surface area contributed by atoms with Gasteiger partial charge in [-0.1, -0.05) is 57.6 Å². The van der Waals surface area contributed by atoms with Gasteiger partial charge in [-0.3, -0.25) is 0 Å². The fraction of sp³-hybridized carbons (Fsp3) is 0.739. The maximum absolute atomic E-state index is 14.0. The Morgan fingerprint density at radius 2 is 1.48 bits per heavy atom. The van der Waals surface area contributed by atoms with Crippen LogP contribution in [0.1, 0.15) is 95.5 Å². The van der Waals surface area contributed by atoms with E-state index in [0.717, 1.165) is 30.6 Å². The van der Waals surface area contributed by atoms with Gasteiger partial charge in [0.1, 0.15) is 0 Å². The van der Waals surface area contributed by atoms with Gasteiger partial charge in [0.05, 0.1) is 0 Å². The molecule has 140 valence electrons. The molecule has 0 radical (unpaired) electrons. The van der Waals surface area contributed by atoms with E-state index < -0.39 is 11.6 Å². The van der Waals surface area contributed by atoms with E-state index in [0.29, 0.717) is 5.56 Å². The highest BCUT2D eigenvalue weighted by molar-refractivity contribution is 5.23. The van der Waals surface area contributed by atoms with Crippen LogP contribution >= 0.6 is 0 Å². The molecule has 0 aliphatic heterocycles. The Labute approximate surface area is 152 Å². The van der Waals surface area contributed by atoms with Crippen molar-refractivity contribution in [2.75, 3.05) is 0 Å². The summed E-state index contributed by atoms with van der Waals surface area (Å²) in [6.45, 7) is 2.28. The molecule has 3 rings (SSSR count). The summed E-state index contributed by atoms with van der Waals surface area (Å²) in [6.07, 6.45) is 15.7. The van der Waals surface area contributed by atoms with Gasteiger partial charge in [-0.05, 0) is 73.8 Å². The van der Waals surface area contributed by atoms with Crippen molar-refractivity contribution in [3.05, 3.63) is 35.4 Å². The molecule has 0 amide bonds. The quantitative estimate of drug-likeness (QED) is 0.464. The Morgan fingerprint density at radius 1 is 0.840 bits per heavy atom. The second kappa shape index (κ2) is 9.14. The second-order valence-electron chi connectivity index (χ2n) is 8.53.